The molecule has 1 heterocycles. The minimum Gasteiger partial charge on any atom is -0.507 e. The van der Waals surface area contributed by atoms with Gasteiger partial charge >= 0.3 is 0 Å². The van der Waals surface area contributed by atoms with E-state index in [2.05, 4.69) is 26.2 Å². The van der Waals surface area contributed by atoms with E-state index in [0.717, 1.165) is 11.1 Å². The summed E-state index contributed by atoms with van der Waals surface area (Å²) in [5.41, 5.74) is 2.70. The summed E-state index contributed by atoms with van der Waals surface area (Å²) in [6, 6.07) is 14.2. The predicted molar refractivity (Wildman–Crippen MR) is 103 cm³/mol. The van der Waals surface area contributed by atoms with Gasteiger partial charge in [0.1, 0.15) is 11.5 Å². The number of benzene rings is 2. The van der Waals surface area contributed by atoms with E-state index in [4.69, 9.17) is 0 Å². The van der Waals surface area contributed by atoms with E-state index in [1.807, 2.05) is 36.4 Å². The molecule has 0 spiro atoms. The zero-order chi connectivity index (χ0) is 18.5. The van der Waals surface area contributed by atoms with Gasteiger partial charge in [-0.05, 0) is 38.7 Å². The van der Waals surface area contributed by atoms with Crippen molar-refractivity contribution in [1.29, 1.82) is 0 Å². The third-order valence-corrected chi connectivity index (χ3v) is 4.82. The number of nitrogens with zero attached hydrogens (tertiary/aromatic N) is 1. The van der Waals surface area contributed by atoms with E-state index in [-0.39, 0.29) is 23.8 Å². The van der Waals surface area contributed by atoms with Crippen molar-refractivity contribution in [1.82, 2.24) is 10.3 Å². The molecule has 0 saturated carbocycles. The molecule has 6 heteroatoms. The number of carbonyl (C=O) groups is 1. The normalized spacial score (nSPS) is 10.5. The Morgan fingerprint density at radius 1 is 1.08 bits per heavy atom. The lowest BCUT2D eigenvalue weighted by Crippen LogP contribution is -2.25. The maximum absolute atomic E-state index is 12.4. The Labute approximate surface area is 159 Å². The number of aromatic hydroxyl groups is 2. The maximum Gasteiger partial charge on any atom is 0.224 e. The van der Waals surface area contributed by atoms with Crippen molar-refractivity contribution in [2.75, 3.05) is 0 Å². The van der Waals surface area contributed by atoms with Gasteiger partial charge in [-0.2, -0.15) is 0 Å². The van der Waals surface area contributed by atoms with Gasteiger partial charge in [0.05, 0.1) is 10.9 Å². The molecular formula is C20H17BrN2O3. The van der Waals surface area contributed by atoms with Crippen molar-refractivity contribution < 1.29 is 15.0 Å². The zero-order valence-corrected chi connectivity index (χ0v) is 15.4. The van der Waals surface area contributed by atoms with Gasteiger partial charge < -0.3 is 15.5 Å². The first-order chi connectivity index (χ1) is 12.6. The Morgan fingerprint density at radius 2 is 1.85 bits per heavy atom. The summed E-state index contributed by atoms with van der Waals surface area (Å²) in [5.74, 6) is -0.416. The van der Waals surface area contributed by atoms with Crippen LogP contribution in [-0.4, -0.2) is 21.1 Å². The molecule has 0 saturated heterocycles. The number of pyridine rings is 1. The second kappa shape index (κ2) is 8.01. The number of phenolic OH excluding ortho intramolecular Hbond substituents is 2. The molecule has 2 aromatic carbocycles. The largest absolute Gasteiger partial charge is 0.507 e. The van der Waals surface area contributed by atoms with Crippen LogP contribution in [-0.2, 0) is 17.8 Å². The highest BCUT2D eigenvalue weighted by molar-refractivity contribution is 9.10. The quantitative estimate of drug-likeness (QED) is 0.595. The zero-order valence-electron chi connectivity index (χ0n) is 13.8. The molecular weight excluding hydrogens is 396 g/mol. The van der Waals surface area contributed by atoms with Crippen LogP contribution in [0.25, 0.3) is 11.1 Å². The fourth-order valence-electron chi connectivity index (χ4n) is 2.70. The number of aromatic nitrogens is 1. The van der Waals surface area contributed by atoms with Gasteiger partial charge in [0.2, 0.25) is 5.91 Å². The van der Waals surface area contributed by atoms with Crippen LogP contribution in [0.4, 0.5) is 0 Å². The van der Waals surface area contributed by atoms with Gasteiger partial charge in [-0.3, -0.25) is 9.78 Å². The summed E-state index contributed by atoms with van der Waals surface area (Å²) in [6.45, 7) is 0.357. The molecule has 0 bridgehead atoms. The number of hydrogen-bond donors (Lipinski definition) is 3. The number of carbonyl (C=O) groups excluding carboxylic acids is 1. The fourth-order valence-corrected chi connectivity index (χ4v) is 3.16. The molecule has 1 aromatic heterocycles. The molecule has 3 rings (SSSR count). The summed E-state index contributed by atoms with van der Waals surface area (Å²) in [4.78, 5) is 16.4. The lowest BCUT2D eigenvalue weighted by molar-refractivity contribution is -0.120. The molecule has 0 atom stereocenters. The SMILES string of the molecule is O=C(Cc1c(Br)c(O)cc(O)c1-c1ccccc1)NCc1cccnc1. The molecule has 3 N–H and O–H groups in total. The molecule has 26 heavy (non-hydrogen) atoms. The van der Waals surface area contributed by atoms with Gasteiger partial charge in [-0.15, -0.1) is 0 Å². The van der Waals surface area contributed by atoms with Crippen molar-refractivity contribution in [2.24, 2.45) is 0 Å². The number of amides is 1. The number of halogens is 1. The monoisotopic (exact) mass is 412 g/mol. The van der Waals surface area contributed by atoms with Gasteiger partial charge in [0.25, 0.3) is 0 Å². The van der Waals surface area contributed by atoms with Crippen molar-refractivity contribution in [2.45, 2.75) is 13.0 Å². The third kappa shape index (κ3) is 4.03. The minimum atomic E-state index is -0.225. The lowest BCUT2D eigenvalue weighted by Gasteiger charge is -2.15. The number of nitrogens with one attached hydrogen (secondary N) is 1. The van der Waals surface area contributed by atoms with Crippen LogP contribution in [0.2, 0.25) is 0 Å². The Balaban J connectivity index is 1.88. The van der Waals surface area contributed by atoms with Crippen LogP contribution in [0.5, 0.6) is 11.5 Å². The Bertz CT molecular complexity index is 915. The van der Waals surface area contributed by atoms with E-state index in [9.17, 15) is 15.0 Å². The molecule has 1 amide bonds. The fraction of sp³-hybridized carbons (Fsp3) is 0.100. The van der Waals surface area contributed by atoms with Crippen LogP contribution >= 0.6 is 15.9 Å². The van der Waals surface area contributed by atoms with Gasteiger partial charge in [-0.25, -0.2) is 0 Å². The highest BCUT2D eigenvalue weighted by Gasteiger charge is 2.20. The van der Waals surface area contributed by atoms with Gasteiger partial charge in [0, 0.05) is 30.6 Å². The van der Waals surface area contributed by atoms with E-state index < -0.39 is 0 Å². The highest BCUT2D eigenvalue weighted by Crippen LogP contribution is 2.42. The topological polar surface area (TPSA) is 82.5 Å². The number of rotatable bonds is 5. The summed E-state index contributed by atoms with van der Waals surface area (Å²) in [5, 5.41) is 23.2. The van der Waals surface area contributed by atoms with Crippen molar-refractivity contribution >= 4 is 21.8 Å². The Morgan fingerprint density at radius 3 is 2.54 bits per heavy atom. The smallest absolute Gasteiger partial charge is 0.224 e. The molecule has 0 aliphatic carbocycles. The third-order valence-electron chi connectivity index (χ3n) is 3.93. The summed E-state index contributed by atoms with van der Waals surface area (Å²) >= 11 is 3.34. The number of phenols is 2. The van der Waals surface area contributed by atoms with Crippen LogP contribution in [0, 0.1) is 0 Å². The second-order valence-corrected chi connectivity index (χ2v) is 6.56. The van der Waals surface area contributed by atoms with Crippen molar-refractivity contribution in [3.05, 3.63) is 76.5 Å². The summed E-state index contributed by atoms with van der Waals surface area (Å²) < 4.78 is 0.394. The minimum absolute atomic E-state index is 0.00698. The molecule has 132 valence electrons. The highest BCUT2D eigenvalue weighted by atomic mass is 79.9. The van der Waals surface area contributed by atoms with Crippen LogP contribution < -0.4 is 5.32 Å². The molecule has 0 aliphatic rings. The molecule has 0 fully saturated rings. The summed E-state index contributed by atoms with van der Waals surface area (Å²) in [6.07, 6.45) is 3.36. The van der Waals surface area contributed by atoms with Gasteiger partial charge in [0.15, 0.2) is 0 Å². The standard InChI is InChI=1S/C20H17BrN2O3/c21-20-15(9-18(26)23-12-13-5-4-8-22-11-13)19(16(24)10-17(20)25)14-6-2-1-3-7-14/h1-8,10-11,24-25H,9,12H2,(H,23,26). The Hall–Kier alpha value is -2.86. The van der Waals surface area contributed by atoms with Crippen LogP contribution in [0.15, 0.2) is 65.4 Å². The van der Waals surface area contributed by atoms with E-state index >= 15 is 0 Å². The van der Waals surface area contributed by atoms with E-state index in [0.29, 0.717) is 22.1 Å². The second-order valence-electron chi connectivity index (χ2n) is 5.76. The van der Waals surface area contributed by atoms with Crippen LogP contribution in [0.3, 0.4) is 0 Å². The van der Waals surface area contributed by atoms with Crippen LogP contribution in [0.1, 0.15) is 11.1 Å². The van der Waals surface area contributed by atoms with E-state index in [1.165, 1.54) is 6.07 Å². The number of hydrogen-bond acceptors (Lipinski definition) is 4. The van der Waals surface area contributed by atoms with Gasteiger partial charge in [-0.1, -0.05) is 36.4 Å². The maximum atomic E-state index is 12.4. The Kier molecular flexibility index (Phi) is 5.53. The molecule has 0 aliphatic heterocycles. The first kappa shape index (κ1) is 17.9. The lowest BCUT2D eigenvalue weighted by atomic mass is 9.96. The molecule has 0 unspecified atom stereocenters. The average Bonchev–Trinajstić information content (AvgIpc) is 2.66. The first-order valence-corrected chi connectivity index (χ1v) is 8.80. The first-order valence-electron chi connectivity index (χ1n) is 8.00. The van der Waals surface area contributed by atoms with E-state index in [1.54, 1.807) is 18.5 Å². The average molecular weight is 413 g/mol. The molecule has 3 aromatic rings. The molecule has 0 radical (unpaired) electrons. The predicted octanol–water partition coefficient (Wildman–Crippen LogP) is 3.78. The van der Waals surface area contributed by atoms with Crippen molar-refractivity contribution in [3.8, 4) is 22.6 Å². The van der Waals surface area contributed by atoms with Crippen molar-refractivity contribution in [3.63, 3.8) is 0 Å². The molecule has 5 nitrogen and oxygen atoms in total. The summed E-state index contributed by atoms with van der Waals surface area (Å²) in [7, 11) is 0.